The van der Waals surface area contributed by atoms with Crippen molar-refractivity contribution < 1.29 is 23.7 Å². The van der Waals surface area contributed by atoms with Crippen LogP contribution in [0.5, 0.6) is 23.0 Å². The molecule has 1 unspecified atom stereocenters. The van der Waals surface area contributed by atoms with Gasteiger partial charge in [-0.05, 0) is 48.2 Å². The van der Waals surface area contributed by atoms with Crippen molar-refractivity contribution in [3.8, 4) is 34.3 Å². The lowest BCUT2D eigenvalue weighted by Crippen LogP contribution is -2.31. The summed E-state index contributed by atoms with van der Waals surface area (Å²) in [6.45, 7) is 3.24. The summed E-state index contributed by atoms with van der Waals surface area (Å²) in [7, 11) is 4.87. The maximum absolute atomic E-state index is 13.8. The number of H-pyrrole nitrogens is 1. The zero-order valence-corrected chi connectivity index (χ0v) is 23.4. The zero-order valence-electron chi connectivity index (χ0n) is 23.4. The average molecular weight is 542 g/mol. The molecule has 0 spiro atoms. The molecule has 5 rings (SSSR count). The second-order valence-corrected chi connectivity index (χ2v) is 9.68. The maximum atomic E-state index is 13.8. The van der Waals surface area contributed by atoms with Crippen LogP contribution in [0.25, 0.3) is 11.3 Å². The predicted octanol–water partition coefficient (Wildman–Crippen LogP) is 6.07. The standard InChI is InChI=1S/C32H35N3O5/c1-5-6-18-40-25-15-13-23(20-27(25)39-4)31-28-29(22-10-8-7-9-11-22)33-34-30(28)32(36)35(31)17-16-21-12-14-24(37-2)26(19-21)38-3/h7-15,19-20,31H,5-6,16-18H2,1-4H3,(H,33,34). The van der Waals surface area contributed by atoms with Gasteiger partial charge >= 0.3 is 0 Å². The summed E-state index contributed by atoms with van der Waals surface area (Å²) in [6.07, 6.45) is 2.65. The van der Waals surface area contributed by atoms with Gasteiger partial charge in [-0.2, -0.15) is 5.10 Å². The van der Waals surface area contributed by atoms with E-state index in [9.17, 15) is 4.79 Å². The number of rotatable bonds is 12. The molecule has 40 heavy (non-hydrogen) atoms. The zero-order chi connectivity index (χ0) is 28.1. The number of fused-ring (bicyclic) bond motifs is 1. The molecule has 0 radical (unpaired) electrons. The lowest BCUT2D eigenvalue weighted by molar-refractivity contribution is 0.0745. The lowest BCUT2D eigenvalue weighted by atomic mass is 9.95. The summed E-state index contributed by atoms with van der Waals surface area (Å²) >= 11 is 0. The van der Waals surface area contributed by atoms with E-state index in [2.05, 4.69) is 17.1 Å². The van der Waals surface area contributed by atoms with Gasteiger partial charge in [0.2, 0.25) is 0 Å². The summed E-state index contributed by atoms with van der Waals surface area (Å²) < 4.78 is 22.6. The summed E-state index contributed by atoms with van der Waals surface area (Å²) in [4.78, 5) is 15.7. The van der Waals surface area contributed by atoms with Crippen LogP contribution in [0.2, 0.25) is 0 Å². The number of nitrogens with zero attached hydrogens (tertiary/aromatic N) is 2. The van der Waals surface area contributed by atoms with E-state index in [0.29, 0.717) is 48.3 Å². The van der Waals surface area contributed by atoms with Gasteiger partial charge in [-0.15, -0.1) is 0 Å². The number of methoxy groups -OCH3 is 3. The van der Waals surface area contributed by atoms with E-state index in [1.165, 1.54) is 0 Å². The number of benzene rings is 3. The van der Waals surface area contributed by atoms with Gasteiger partial charge in [-0.25, -0.2) is 0 Å². The minimum absolute atomic E-state index is 0.0857. The highest BCUT2D eigenvalue weighted by molar-refractivity contribution is 6.00. The van der Waals surface area contributed by atoms with E-state index in [1.54, 1.807) is 21.3 Å². The molecular weight excluding hydrogens is 506 g/mol. The summed E-state index contributed by atoms with van der Waals surface area (Å²) in [6, 6.07) is 21.3. The van der Waals surface area contributed by atoms with Gasteiger partial charge in [0, 0.05) is 17.7 Å². The summed E-state index contributed by atoms with van der Waals surface area (Å²) in [5, 5.41) is 7.62. The number of amides is 1. The third kappa shape index (κ3) is 5.21. The van der Waals surface area contributed by atoms with Crippen LogP contribution < -0.4 is 18.9 Å². The largest absolute Gasteiger partial charge is 0.493 e. The highest BCUT2D eigenvalue weighted by atomic mass is 16.5. The number of carbonyl (C=O) groups excluding carboxylic acids is 1. The first-order valence-electron chi connectivity index (χ1n) is 13.6. The Morgan fingerprint density at radius 2 is 1.60 bits per heavy atom. The molecule has 1 N–H and O–H groups in total. The molecule has 0 bridgehead atoms. The summed E-state index contributed by atoms with van der Waals surface area (Å²) in [5.41, 5.74) is 5.07. The van der Waals surface area contributed by atoms with Gasteiger partial charge < -0.3 is 23.8 Å². The highest BCUT2D eigenvalue weighted by Gasteiger charge is 2.42. The Labute approximate surface area is 234 Å². The fourth-order valence-corrected chi connectivity index (χ4v) is 5.18. The number of ether oxygens (including phenoxy) is 4. The number of nitrogens with one attached hydrogen (secondary N) is 1. The van der Waals surface area contributed by atoms with E-state index in [4.69, 9.17) is 18.9 Å². The first-order chi connectivity index (χ1) is 19.6. The van der Waals surface area contributed by atoms with Crippen molar-refractivity contribution in [1.29, 1.82) is 0 Å². The number of aromatic amines is 1. The van der Waals surface area contributed by atoms with Gasteiger partial charge in [0.05, 0.1) is 39.7 Å². The first-order valence-corrected chi connectivity index (χ1v) is 13.6. The molecule has 4 aromatic rings. The van der Waals surface area contributed by atoms with Crippen molar-refractivity contribution in [2.24, 2.45) is 0 Å². The molecule has 0 aliphatic carbocycles. The molecule has 0 fully saturated rings. The Morgan fingerprint density at radius 1 is 0.875 bits per heavy atom. The molecule has 0 saturated carbocycles. The van der Waals surface area contributed by atoms with Crippen molar-refractivity contribution in [2.45, 2.75) is 32.2 Å². The van der Waals surface area contributed by atoms with E-state index in [0.717, 1.165) is 40.8 Å². The topological polar surface area (TPSA) is 85.9 Å². The Morgan fingerprint density at radius 3 is 2.33 bits per heavy atom. The molecular formula is C32H35N3O5. The molecule has 1 atom stereocenters. The second-order valence-electron chi connectivity index (χ2n) is 9.68. The quantitative estimate of drug-likeness (QED) is 0.219. The SMILES string of the molecule is CCCCOc1ccc(C2c3c(-c4ccccc4)n[nH]c3C(=O)N2CCc2ccc(OC)c(OC)c2)cc1OC. The van der Waals surface area contributed by atoms with Gasteiger partial charge in [0.1, 0.15) is 5.69 Å². The fourth-order valence-electron chi connectivity index (χ4n) is 5.18. The Kier molecular flexibility index (Phi) is 8.24. The van der Waals surface area contributed by atoms with Crippen molar-refractivity contribution in [3.63, 3.8) is 0 Å². The molecule has 1 aliphatic heterocycles. The summed E-state index contributed by atoms with van der Waals surface area (Å²) in [5.74, 6) is 2.57. The van der Waals surface area contributed by atoms with E-state index in [1.807, 2.05) is 71.6 Å². The smallest absolute Gasteiger partial charge is 0.273 e. The number of hydrogen-bond acceptors (Lipinski definition) is 6. The van der Waals surface area contributed by atoms with Crippen molar-refractivity contribution in [1.82, 2.24) is 15.1 Å². The van der Waals surface area contributed by atoms with Gasteiger partial charge in [-0.1, -0.05) is 55.8 Å². The predicted molar refractivity (Wildman–Crippen MR) is 154 cm³/mol. The lowest BCUT2D eigenvalue weighted by Gasteiger charge is -2.27. The monoisotopic (exact) mass is 541 g/mol. The van der Waals surface area contributed by atoms with Crippen molar-refractivity contribution >= 4 is 5.91 Å². The third-order valence-electron chi connectivity index (χ3n) is 7.26. The Hall–Kier alpha value is -4.46. The van der Waals surface area contributed by atoms with E-state index >= 15 is 0 Å². The van der Waals surface area contributed by atoms with Gasteiger partial charge in [-0.3, -0.25) is 9.89 Å². The van der Waals surface area contributed by atoms with E-state index in [-0.39, 0.29) is 11.9 Å². The van der Waals surface area contributed by atoms with Crippen LogP contribution in [-0.4, -0.2) is 55.5 Å². The van der Waals surface area contributed by atoms with Crippen LogP contribution in [-0.2, 0) is 6.42 Å². The van der Waals surface area contributed by atoms with E-state index < -0.39 is 0 Å². The molecule has 1 amide bonds. The second kappa shape index (κ2) is 12.2. The van der Waals surface area contributed by atoms with Crippen LogP contribution >= 0.6 is 0 Å². The molecule has 8 heteroatoms. The Balaban J connectivity index is 1.53. The van der Waals surface area contributed by atoms with Gasteiger partial charge in [0.25, 0.3) is 5.91 Å². The molecule has 0 saturated heterocycles. The number of aromatic nitrogens is 2. The number of unbranched alkanes of at least 4 members (excludes halogenated alkanes) is 1. The van der Waals surface area contributed by atoms with Crippen molar-refractivity contribution in [3.05, 3.63) is 89.1 Å². The molecule has 3 aromatic carbocycles. The van der Waals surface area contributed by atoms with Gasteiger partial charge in [0.15, 0.2) is 23.0 Å². The minimum Gasteiger partial charge on any atom is -0.493 e. The molecule has 2 heterocycles. The highest BCUT2D eigenvalue weighted by Crippen LogP contribution is 2.44. The number of carbonyl (C=O) groups is 1. The van der Waals surface area contributed by atoms with Crippen LogP contribution in [0.4, 0.5) is 0 Å². The Bertz CT molecular complexity index is 1470. The minimum atomic E-state index is -0.352. The van der Waals surface area contributed by atoms with Crippen LogP contribution in [0.3, 0.4) is 0 Å². The van der Waals surface area contributed by atoms with Crippen LogP contribution in [0, 0.1) is 0 Å². The molecule has 1 aliphatic rings. The fraction of sp³-hybridized carbons (Fsp3) is 0.312. The van der Waals surface area contributed by atoms with Crippen LogP contribution in [0.1, 0.15) is 53.0 Å². The first kappa shape index (κ1) is 27.1. The molecule has 1 aromatic heterocycles. The number of hydrogen-bond donors (Lipinski definition) is 1. The molecule has 8 nitrogen and oxygen atoms in total. The average Bonchev–Trinajstić information content (AvgIpc) is 3.55. The molecule has 208 valence electrons. The third-order valence-corrected chi connectivity index (χ3v) is 7.26. The van der Waals surface area contributed by atoms with Crippen LogP contribution in [0.15, 0.2) is 66.7 Å². The van der Waals surface area contributed by atoms with Crippen molar-refractivity contribution in [2.75, 3.05) is 34.5 Å². The normalized spacial score (nSPS) is 14.2. The maximum Gasteiger partial charge on any atom is 0.273 e.